The van der Waals surface area contributed by atoms with Gasteiger partial charge in [0.25, 0.3) is 10.0 Å². The van der Waals surface area contributed by atoms with E-state index in [2.05, 4.69) is 5.32 Å². The van der Waals surface area contributed by atoms with Gasteiger partial charge >= 0.3 is 0 Å². The van der Waals surface area contributed by atoms with Crippen LogP contribution in [-0.2, 0) is 26.2 Å². The minimum absolute atomic E-state index is 0.00644. The smallest absolute Gasteiger partial charge is 0.264 e. The predicted molar refractivity (Wildman–Crippen MR) is 166 cm³/mol. The molecule has 0 spiro atoms. The van der Waals surface area contributed by atoms with Crippen molar-refractivity contribution in [2.45, 2.75) is 71.0 Å². The molecule has 41 heavy (non-hydrogen) atoms. The number of carbonyl (C=O) groups is 2. The number of carbonyl (C=O) groups excluding carboxylic acids is 2. The van der Waals surface area contributed by atoms with Gasteiger partial charge in [-0.25, -0.2) is 8.42 Å². The van der Waals surface area contributed by atoms with Crippen LogP contribution in [0, 0.1) is 13.8 Å². The fourth-order valence-electron chi connectivity index (χ4n) is 4.34. The van der Waals surface area contributed by atoms with Gasteiger partial charge in [-0.1, -0.05) is 72.9 Å². The van der Waals surface area contributed by atoms with Crippen LogP contribution in [0.4, 0.5) is 5.69 Å². The van der Waals surface area contributed by atoms with Crippen molar-refractivity contribution in [3.63, 3.8) is 0 Å². The summed E-state index contributed by atoms with van der Waals surface area (Å²) >= 11 is 12.6. The summed E-state index contributed by atoms with van der Waals surface area (Å²) in [5.41, 5.74) is 2.68. The number of halogens is 2. The Bertz CT molecular complexity index is 1480. The van der Waals surface area contributed by atoms with E-state index in [1.165, 1.54) is 17.0 Å². The lowest BCUT2D eigenvalue weighted by atomic mass is 10.1. The van der Waals surface area contributed by atoms with E-state index in [4.69, 9.17) is 23.2 Å². The van der Waals surface area contributed by atoms with Crippen molar-refractivity contribution in [2.75, 3.05) is 10.8 Å². The van der Waals surface area contributed by atoms with E-state index in [1.54, 1.807) is 48.5 Å². The van der Waals surface area contributed by atoms with Crippen LogP contribution in [-0.4, -0.2) is 43.8 Å². The standard InChI is InChI=1S/C31H37Cl2N3O4S/c1-6-23(5)34-31(38)29(7-2)35(19-24-13-14-25(32)18-28(24)33)30(37)20-36(26-10-8-9-22(4)17-26)41(39,40)27-15-11-21(3)12-16-27/h8-18,23,29H,6-7,19-20H2,1-5H3,(H,34,38)/t23-,29+/m1/s1. The third kappa shape index (κ3) is 8.24. The number of sulfonamides is 1. The molecular formula is C31H37Cl2N3O4S. The topological polar surface area (TPSA) is 86.8 Å². The predicted octanol–water partition coefficient (Wildman–Crippen LogP) is 6.53. The second kappa shape index (κ2) is 14.2. The van der Waals surface area contributed by atoms with Gasteiger partial charge < -0.3 is 10.2 Å². The first kappa shape index (κ1) is 32.4. The number of rotatable bonds is 12. The average Bonchev–Trinajstić information content (AvgIpc) is 2.92. The van der Waals surface area contributed by atoms with Crippen molar-refractivity contribution in [3.8, 4) is 0 Å². The van der Waals surface area contributed by atoms with E-state index in [9.17, 15) is 18.0 Å². The molecule has 0 aliphatic rings. The summed E-state index contributed by atoms with van der Waals surface area (Å²) < 4.78 is 29.0. The summed E-state index contributed by atoms with van der Waals surface area (Å²) in [5, 5.41) is 3.74. The summed E-state index contributed by atoms with van der Waals surface area (Å²) in [6.07, 6.45) is 1.03. The molecule has 3 aromatic rings. The van der Waals surface area contributed by atoms with Crippen molar-refractivity contribution >= 4 is 50.7 Å². The Morgan fingerprint density at radius 3 is 2.17 bits per heavy atom. The van der Waals surface area contributed by atoms with E-state index in [1.807, 2.05) is 40.7 Å². The molecule has 1 N–H and O–H groups in total. The summed E-state index contributed by atoms with van der Waals surface area (Å²) in [5.74, 6) is -0.858. The number of benzene rings is 3. The second-order valence-corrected chi connectivity index (χ2v) is 12.9. The van der Waals surface area contributed by atoms with Crippen molar-refractivity contribution in [1.29, 1.82) is 0 Å². The second-order valence-electron chi connectivity index (χ2n) is 10.2. The van der Waals surface area contributed by atoms with Crippen molar-refractivity contribution < 1.29 is 18.0 Å². The quantitative estimate of drug-likeness (QED) is 0.250. The van der Waals surface area contributed by atoms with Gasteiger partial charge in [0.2, 0.25) is 11.8 Å². The van der Waals surface area contributed by atoms with Crippen LogP contribution in [0.3, 0.4) is 0 Å². The lowest BCUT2D eigenvalue weighted by molar-refractivity contribution is -0.140. The number of hydrogen-bond donors (Lipinski definition) is 1. The summed E-state index contributed by atoms with van der Waals surface area (Å²) in [6, 6.07) is 17.4. The number of aryl methyl sites for hydroxylation is 2. The number of hydrogen-bond acceptors (Lipinski definition) is 4. The molecule has 2 atom stereocenters. The van der Waals surface area contributed by atoms with E-state index in [-0.39, 0.29) is 23.4 Å². The molecule has 10 heteroatoms. The van der Waals surface area contributed by atoms with Crippen molar-refractivity contribution in [3.05, 3.63) is 93.5 Å². The monoisotopic (exact) mass is 617 g/mol. The third-order valence-electron chi connectivity index (χ3n) is 6.92. The molecule has 3 aromatic carbocycles. The van der Waals surface area contributed by atoms with Gasteiger partial charge in [-0.2, -0.15) is 0 Å². The van der Waals surface area contributed by atoms with Crippen LogP contribution in [0.25, 0.3) is 0 Å². The van der Waals surface area contributed by atoms with Crippen LogP contribution in [0.1, 0.15) is 50.3 Å². The summed E-state index contributed by atoms with van der Waals surface area (Å²) in [7, 11) is -4.14. The van der Waals surface area contributed by atoms with Crippen LogP contribution in [0.15, 0.2) is 71.6 Å². The fraction of sp³-hybridized carbons (Fsp3) is 0.355. The van der Waals surface area contributed by atoms with Crippen LogP contribution < -0.4 is 9.62 Å². The number of nitrogens with zero attached hydrogens (tertiary/aromatic N) is 2. The first-order chi connectivity index (χ1) is 19.4. The molecule has 0 aromatic heterocycles. The molecule has 0 saturated carbocycles. The van der Waals surface area contributed by atoms with Gasteiger partial charge in [0.15, 0.2) is 0 Å². The Labute approximate surface area is 253 Å². The molecule has 0 unspecified atom stereocenters. The Hall–Kier alpha value is -3.07. The molecule has 0 aliphatic heterocycles. The minimum Gasteiger partial charge on any atom is -0.352 e. The van der Waals surface area contributed by atoms with Gasteiger partial charge in [-0.15, -0.1) is 0 Å². The van der Waals surface area contributed by atoms with Gasteiger partial charge in [0.05, 0.1) is 10.6 Å². The maximum absolute atomic E-state index is 14.2. The third-order valence-corrected chi connectivity index (χ3v) is 9.30. The number of anilines is 1. The molecule has 0 radical (unpaired) electrons. The highest BCUT2D eigenvalue weighted by Gasteiger charge is 2.34. The van der Waals surface area contributed by atoms with Gasteiger partial charge in [-0.05, 0) is 81.1 Å². The molecule has 0 saturated heterocycles. The Morgan fingerprint density at radius 2 is 1.59 bits per heavy atom. The highest BCUT2D eigenvalue weighted by Crippen LogP contribution is 2.27. The zero-order valence-electron chi connectivity index (χ0n) is 24.0. The largest absolute Gasteiger partial charge is 0.352 e. The van der Waals surface area contributed by atoms with E-state index < -0.39 is 28.5 Å². The normalized spacial score (nSPS) is 12.9. The first-order valence-corrected chi connectivity index (χ1v) is 15.8. The Morgan fingerprint density at radius 1 is 0.902 bits per heavy atom. The van der Waals surface area contributed by atoms with Crippen LogP contribution in [0.5, 0.6) is 0 Å². The highest BCUT2D eigenvalue weighted by atomic mass is 35.5. The number of amides is 2. The molecular weight excluding hydrogens is 581 g/mol. The lowest BCUT2D eigenvalue weighted by Crippen LogP contribution is -2.53. The Balaban J connectivity index is 2.08. The van der Waals surface area contributed by atoms with E-state index in [0.717, 1.165) is 21.9 Å². The van der Waals surface area contributed by atoms with Gasteiger partial charge in [0, 0.05) is 22.6 Å². The zero-order chi connectivity index (χ0) is 30.3. The fourth-order valence-corrected chi connectivity index (χ4v) is 6.22. The Kier molecular flexibility index (Phi) is 11.2. The lowest BCUT2D eigenvalue weighted by Gasteiger charge is -2.34. The SMILES string of the molecule is CC[C@@H](C)NC(=O)[C@H](CC)N(Cc1ccc(Cl)cc1Cl)C(=O)CN(c1cccc(C)c1)S(=O)(=O)c1ccc(C)cc1. The maximum Gasteiger partial charge on any atom is 0.264 e. The molecule has 220 valence electrons. The van der Waals surface area contributed by atoms with Gasteiger partial charge in [0.1, 0.15) is 12.6 Å². The summed E-state index contributed by atoms with van der Waals surface area (Å²) in [6.45, 7) is 8.85. The number of nitrogens with one attached hydrogen (secondary N) is 1. The maximum atomic E-state index is 14.2. The van der Waals surface area contributed by atoms with E-state index in [0.29, 0.717) is 27.7 Å². The molecule has 0 aliphatic carbocycles. The molecule has 0 fully saturated rings. The minimum atomic E-state index is -4.14. The van der Waals surface area contributed by atoms with Crippen LogP contribution in [0.2, 0.25) is 10.0 Å². The highest BCUT2D eigenvalue weighted by molar-refractivity contribution is 7.92. The first-order valence-electron chi connectivity index (χ1n) is 13.6. The van der Waals surface area contributed by atoms with Crippen molar-refractivity contribution in [2.24, 2.45) is 0 Å². The van der Waals surface area contributed by atoms with Crippen molar-refractivity contribution in [1.82, 2.24) is 10.2 Å². The van der Waals surface area contributed by atoms with E-state index >= 15 is 0 Å². The van der Waals surface area contributed by atoms with Crippen LogP contribution >= 0.6 is 23.2 Å². The molecule has 3 rings (SSSR count). The zero-order valence-corrected chi connectivity index (χ0v) is 26.4. The molecule has 2 amide bonds. The molecule has 7 nitrogen and oxygen atoms in total. The average molecular weight is 619 g/mol. The summed E-state index contributed by atoms with van der Waals surface area (Å²) in [4.78, 5) is 29.0. The molecule has 0 heterocycles. The van der Waals surface area contributed by atoms with Gasteiger partial charge in [-0.3, -0.25) is 13.9 Å². The molecule has 0 bridgehead atoms.